The summed E-state index contributed by atoms with van der Waals surface area (Å²) >= 11 is 0. The summed E-state index contributed by atoms with van der Waals surface area (Å²) in [6.45, 7) is 2.07. The average molecular weight is 274 g/mol. The zero-order chi connectivity index (χ0) is 12.7. The van der Waals surface area contributed by atoms with E-state index >= 15 is 0 Å². The van der Waals surface area contributed by atoms with E-state index in [1.54, 1.807) is 0 Å². The second kappa shape index (κ2) is 5.02. The number of hydrogen-bond acceptors (Lipinski definition) is 3. The van der Waals surface area contributed by atoms with Crippen LogP contribution in [0.3, 0.4) is 0 Å². The van der Waals surface area contributed by atoms with Crippen LogP contribution < -0.4 is 4.90 Å². The predicted octanol–water partition coefficient (Wildman–Crippen LogP) is 3.58. The van der Waals surface area contributed by atoms with Crippen LogP contribution in [0.5, 0.6) is 0 Å². The molecular weight excluding hydrogens is 258 g/mol. The third-order valence-electron chi connectivity index (χ3n) is 3.08. The second-order valence-corrected chi connectivity index (χ2v) is 4.76. The van der Waals surface area contributed by atoms with Crippen molar-refractivity contribution < 1.29 is 0 Å². The summed E-state index contributed by atoms with van der Waals surface area (Å²) in [4.78, 5) is 11.5. The smallest absolute Gasteiger partial charge is 0.113 e. The van der Waals surface area contributed by atoms with E-state index in [2.05, 4.69) is 30.0 Å². The lowest BCUT2D eigenvalue weighted by atomic mass is 10.2. The largest absolute Gasteiger partial charge is 0.376 e. The highest BCUT2D eigenvalue weighted by Gasteiger charge is 2.07. The van der Waals surface area contributed by atoms with Crippen molar-refractivity contribution in [3.8, 4) is 0 Å². The zero-order valence-corrected chi connectivity index (χ0v) is 12.0. The first kappa shape index (κ1) is 13.6. The van der Waals surface area contributed by atoms with E-state index in [0.29, 0.717) is 0 Å². The summed E-state index contributed by atoms with van der Waals surface area (Å²) in [5, 5.41) is 0. The minimum atomic E-state index is 0. The maximum absolute atomic E-state index is 4.74. The van der Waals surface area contributed by atoms with E-state index in [1.807, 2.05) is 32.3 Å². The normalized spacial score (nSPS) is 10.5. The van der Waals surface area contributed by atoms with Crippen LogP contribution in [-0.4, -0.2) is 24.1 Å². The van der Waals surface area contributed by atoms with Crippen molar-refractivity contribution in [2.75, 3.05) is 19.0 Å². The molecule has 0 fully saturated rings. The Morgan fingerprint density at radius 1 is 0.895 bits per heavy atom. The quantitative estimate of drug-likeness (QED) is 0.635. The van der Waals surface area contributed by atoms with Gasteiger partial charge in [0.15, 0.2) is 0 Å². The highest BCUT2D eigenvalue weighted by Crippen LogP contribution is 2.24. The lowest BCUT2D eigenvalue weighted by Crippen LogP contribution is -2.09. The summed E-state index contributed by atoms with van der Waals surface area (Å²) in [6.07, 6.45) is 0. The first-order chi connectivity index (χ1) is 8.65. The molecule has 98 valence electrons. The molecule has 0 aliphatic rings. The molecule has 3 nitrogen and oxygen atoms in total. The fourth-order valence-corrected chi connectivity index (χ4v) is 2.15. The second-order valence-electron chi connectivity index (χ2n) is 4.76. The van der Waals surface area contributed by atoms with Crippen LogP contribution in [0.25, 0.3) is 22.1 Å². The Labute approximate surface area is 118 Å². The Balaban J connectivity index is 0.00000133. The van der Waals surface area contributed by atoms with Gasteiger partial charge in [-0.25, -0.2) is 9.97 Å². The summed E-state index contributed by atoms with van der Waals surface area (Å²) in [5.41, 5.74) is 6.11. The lowest BCUT2D eigenvalue weighted by Gasteiger charge is -2.14. The monoisotopic (exact) mass is 273 g/mol. The molecule has 0 atom stereocenters. The molecule has 2 aromatic carbocycles. The van der Waals surface area contributed by atoms with Crippen LogP contribution in [0.4, 0.5) is 5.69 Å². The van der Waals surface area contributed by atoms with Crippen LogP contribution >= 0.6 is 12.4 Å². The first-order valence-electron chi connectivity index (χ1n) is 5.99. The number of aryl methyl sites for hydroxylation is 1. The number of nitrogens with zero attached hydrogens (tertiary/aromatic N) is 3. The molecule has 0 aliphatic carbocycles. The number of fused-ring (bicyclic) bond motifs is 2. The Morgan fingerprint density at radius 3 is 2.42 bits per heavy atom. The van der Waals surface area contributed by atoms with Gasteiger partial charge in [0.25, 0.3) is 0 Å². The van der Waals surface area contributed by atoms with Gasteiger partial charge in [0, 0.05) is 14.1 Å². The molecule has 0 saturated carbocycles. The summed E-state index contributed by atoms with van der Waals surface area (Å²) < 4.78 is 0. The van der Waals surface area contributed by atoms with Crippen LogP contribution in [-0.2, 0) is 0 Å². The molecule has 3 rings (SSSR count). The molecule has 0 N–H and O–H groups in total. The standard InChI is InChI=1S/C15H15N3.ClH/c1-10-7-8-11-13(9-10)16-12-5-4-6-14(18(2)3)15(12)17-11;/h4-9H,1-3H3;1H. The van der Waals surface area contributed by atoms with E-state index in [9.17, 15) is 0 Å². The van der Waals surface area contributed by atoms with E-state index < -0.39 is 0 Å². The Kier molecular flexibility index (Phi) is 3.58. The van der Waals surface area contributed by atoms with Crippen LogP contribution in [0.15, 0.2) is 36.4 Å². The van der Waals surface area contributed by atoms with Crippen molar-refractivity contribution in [1.29, 1.82) is 0 Å². The molecular formula is C15H16ClN3. The molecule has 1 aromatic heterocycles. The molecule has 0 amide bonds. The minimum absolute atomic E-state index is 0. The van der Waals surface area contributed by atoms with Crippen LogP contribution in [0.1, 0.15) is 5.56 Å². The SMILES string of the molecule is Cc1ccc2nc3c(N(C)C)cccc3nc2c1.Cl. The highest BCUT2D eigenvalue weighted by molar-refractivity contribution is 5.93. The predicted molar refractivity (Wildman–Crippen MR) is 83.4 cm³/mol. The van der Waals surface area contributed by atoms with E-state index in [4.69, 9.17) is 9.97 Å². The summed E-state index contributed by atoms with van der Waals surface area (Å²) in [5.74, 6) is 0. The fourth-order valence-electron chi connectivity index (χ4n) is 2.15. The van der Waals surface area contributed by atoms with Gasteiger partial charge in [0.2, 0.25) is 0 Å². The maximum Gasteiger partial charge on any atom is 0.113 e. The molecule has 0 unspecified atom stereocenters. The zero-order valence-electron chi connectivity index (χ0n) is 11.2. The fraction of sp³-hybridized carbons (Fsp3) is 0.200. The molecule has 0 spiro atoms. The molecule has 3 aromatic rings. The van der Waals surface area contributed by atoms with Crippen molar-refractivity contribution in [3.63, 3.8) is 0 Å². The van der Waals surface area contributed by atoms with Gasteiger partial charge in [0.1, 0.15) is 5.52 Å². The van der Waals surface area contributed by atoms with Crippen molar-refractivity contribution in [3.05, 3.63) is 42.0 Å². The van der Waals surface area contributed by atoms with Crippen molar-refractivity contribution in [2.45, 2.75) is 6.92 Å². The summed E-state index contributed by atoms with van der Waals surface area (Å²) in [7, 11) is 4.05. The van der Waals surface area contributed by atoms with Crippen LogP contribution in [0, 0.1) is 6.92 Å². The number of hydrogen-bond donors (Lipinski definition) is 0. The Morgan fingerprint density at radius 2 is 1.68 bits per heavy atom. The van der Waals surface area contributed by atoms with Crippen molar-refractivity contribution >= 4 is 40.2 Å². The third-order valence-corrected chi connectivity index (χ3v) is 3.08. The Hall–Kier alpha value is -1.87. The first-order valence-corrected chi connectivity index (χ1v) is 5.99. The van der Waals surface area contributed by atoms with Gasteiger partial charge < -0.3 is 4.90 Å². The van der Waals surface area contributed by atoms with Crippen molar-refractivity contribution in [2.24, 2.45) is 0 Å². The average Bonchev–Trinajstić information content (AvgIpc) is 2.35. The molecule has 0 saturated heterocycles. The van der Waals surface area contributed by atoms with E-state index in [1.165, 1.54) is 5.56 Å². The van der Waals surface area contributed by atoms with Crippen LogP contribution in [0.2, 0.25) is 0 Å². The summed E-state index contributed by atoms with van der Waals surface area (Å²) in [6, 6.07) is 12.3. The van der Waals surface area contributed by atoms with Gasteiger partial charge in [-0.1, -0.05) is 12.1 Å². The number of benzene rings is 2. The van der Waals surface area contributed by atoms with Gasteiger partial charge in [-0.2, -0.15) is 0 Å². The van der Waals surface area contributed by atoms with Gasteiger partial charge in [0.05, 0.1) is 22.2 Å². The number of anilines is 1. The number of para-hydroxylation sites is 1. The van der Waals surface area contributed by atoms with Gasteiger partial charge in [-0.05, 0) is 36.8 Å². The lowest BCUT2D eigenvalue weighted by molar-refractivity contribution is 1.13. The van der Waals surface area contributed by atoms with Gasteiger partial charge >= 0.3 is 0 Å². The van der Waals surface area contributed by atoms with Gasteiger partial charge in [-0.15, -0.1) is 12.4 Å². The Bertz CT molecular complexity index is 738. The molecule has 0 aliphatic heterocycles. The molecule has 1 heterocycles. The number of halogens is 1. The maximum atomic E-state index is 4.74. The molecule has 19 heavy (non-hydrogen) atoms. The van der Waals surface area contributed by atoms with E-state index in [-0.39, 0.29) is 12.4 Å². The van der Waals surface area contributed by atoms with Gasteiger partial charge in [-0.3, -0.25) is 0 Å². The molecule has 0 bridgehead atoms. The molecule has 0 radical (unpaired) electrons. The highest BCUT2D eigenvalue weighted by atomic mass is 35.5. The van der Waals surface area contributed by atoms with Crippen molar-refractivity contribution in [1.82, 2.24) is 9.97 Å². The molecule has 4 heteroatoms. The number of aromatic nitrogens is 2. The third kappa shape index (κ3) is 2.34. The number of rotatable bonds is 1. The topological polar surface area (TPSA) is 29.0 Å². The minimum Gasteiger partial charge on any atom is -0.376 e. The van der Waals surface area contributed by atoms with E-state index in [0.717, 1.165) is 27.8 Å².